The fourth-order valence-electron chi connectivity index (χ4n) is 5.80. The molecule has 3 nitrogen and oxygen atoms in total. The lowest BCUT2D eigenvalue weighted by Gasteiger charge is -2.52. The molecule has 0 aromatic carbocycles. The van der Waals surface area contributed by atoms with Gasteiger partial charge in [-0.15, -0.1) is 0 Å². The van der Waals surface area contributed by atoms with E-state index in [1.165, 1.54) is 50.5 Å². The summed E-state index contributed by atoms with van der Waals surface area (Å²) in [5, 5.41) is 8.96. The van der Waals surface area contributed by atoms with Gasteiger partial charge in [-0.1, -0.05) is 12.2 Å². The van der Waals surface area contributed by atoms with Gasteiger partial charge in [0.2, 0.25) is 0 Å². The second-order valence-corrected chi connectivity index (χ2v) is 7.84. The topological polar surface area (TPSA) is 42.2 Å². The number of ether oxygens (including phenoxy) is 2. The average Bonchev–Trinajstić information content (AvgIpc) is 2.58. The molecule has 6 atom stereocenters. The summed E-state index contributed by atoms with van der Waals surface area (Å²) in [5.41, 5.74) is 1.43. The Kier molecular flexibility index (Phi) is 5.77. The molecule has 3 rings (SSSR count). The van der Waals surface area contributed by atoms with Gasteiger partial charge in [0.1, 0.15) is 6.79 Å². The molecule has 0 heterocycles. The van der Waals surface area contributed by atoms with Crippen LogP contribution in [0.15, 0.2) is 12.2 Å². The highest BCUT2D eigenvalue weighted by atomic mass is 16.7. The molecule has 0 saturated heterocycles. The van der Waals surface area contributed by atoms with Gasteiger partial charge >= 0.3 is 0 Å². The van der Waals surface area contributed by atoms with Crippen LogP contribution in [0.3, 0.4) is 0 Å². The van der Waals surface area contributed by atoms with Gasteiger partial charge in [0.25, 0.3) is 0 Å². The zero-order valence-corrected chi connectivity index (χ0v) is 14.5. The fraction of sp³-hybridized carbons (Fsp3) is 0.850. The van der Waals surface area contributed by atoms with Crippen molar-refractivity contribution in [1.29, 1.82) is 5.26 Å². The zero-order valence-electron chi connectivity index (χ0n) is 14.5. The van der Waals surface area contributed by atoms with E-state index in [1.54, 1.807) is 7.11 Å². The first-order valence-corrected chi connectivity index (χ1v) is 9.39. The molecule has 3 fully saturated rings. The lowest BCUT2D eigenvalue weighted by atomic mass is 9.54. The van der Waals surface area contributed by atoms with Crippen LogP contribution >= 0.6 is 0 Å². The number of methoxy groups -OCH3 is 1. The molecule has 0 N–H and O–H groups in total. The average molecular weight is 317 g/mol. The SMILES string of the molecule is C=C1CC[C@@H]2[C@H]3CC[C@H](OCOC)C[C@H]3CC[C@H]2C1CCC#N. The number of rotatable bonds is 5. The van der Waals surface area contributed by atoms with Crippen LogP contribution in [0.4, 0.5) is 0 Å². The van der Waals surface area contributed by atoms with E-state index in [1.807, 2.05) is 0 Å². The van der Waals surface area contributed by atoms with Crippen molar-refractivity contribution in [3.63, 3.8) is 0 Å². The maximum Gasteiger partial charge on any atom is 0.146 e. The molecule has 23 heavy (non-hydrogen) atoms. The van der Waals surface area contributed by atoms with Crippen molar-refractivity contribution in [2.45, 2.75) is 63.9 Å². The Balaban J connectivity index is 1.63. The first-order valence-electron chi connectivity index (χ1n) is 9.39. The van der Waals surface area contributed by atoms with Gasteiger partial charge in [0, 0.05) is 13.5 Å². The molecule has 0 spiro atoms. The van der Waals surface area contributed by atoms with E-state index in [9.17, 15) is 0 Å². The predicted molar refractivity (Wildman–Crippen MR) is 90.5 cm³/mol. The molecule has 0 aromatic heterocycles. The first-order chi connectivity index (χ1) is 11.2. The van der Waals surface area contributed by atoms with Crippen molar-refractivity contribution in [3.8, 4) is 6.07 Å². The van der Waals surface area contributed by atoms with Gasteiger partial charge in [-0.3, -0.25) is 0 Å². The molecule has 3 heteroatoms. The second kappa shape index (κ2) is 7.81. The molecule has 128 valence electrons. The van der Waals surface area contributed by atoms with Crippen LogP contribution in [-0.4, -0.2) is 20.0 Å². The number of hydrogen-bond donors (Lipinski definition) is 0. The molecule has 3 aliphatic rings. The van der Waals surface area contributed by atoms with Crippen molar-refractivity contribution in [2.24, 2.45) is 29.6 Å². The van der Waals surface area contributed by atoms with E-state index >= 15 is 0 Å². The molecule has 0 aromatic rings. The fourth-order valence-corrected chi connectivity index (χ4v) is 5.80. The maximum atomic E-state index is 8.96. The van der Waals surface area contributed by atoms with Crippen LogP contribution in [0.5, 0.6) is 0 Å². The Labute approximate surface area is 141 Å². The molecule has 0 amide bonds. The van der Waals surface area contributed by atoms with E-state index in [2.05, 4.69) is 12.6 Å². The van der Waals surface area contributed by atoms with Crippen LogP contribution in [0.1, 0.15) is 57.8 Å². The van der Waals surface area contributed by atoms with Gasteiger partial charge in [-0.05, 0) is 81.0 Å². The van der Waals surface area contributed by atoms with Crippen LogP contribution in [-0.2, 0) is 9.47 Å². The lowest BCUT2D eigenvalue weighted by Crippen LogP contribution is -2.44. The summed E-state index contributed by atoms with van der Waals surface area (Å²) in [4.78, 5) is 0. The number of allylic oxidation sites excluding steroid dienone is 1. The molecule has 3 saturated carbocycles. The quantitative estimate of drug-likeness (QED) is 0.546. The molecular weight excluding hydrogens is 286 g/mol. The Bertz CT molecular complexity index is 455. The van der Waals surface area contributed by atoms with Gasteiger partial charge in [0.05, 0.1) is 12.2 Å². The van der Waals surface area contributed by atoms with Crippen molar-refractivity contribution < 1.29 is 9.47 Å². The standard InChI is InChI=1S/C20H31NO2/c1-14-5-8-20-18-10-7-16(23-13-22-2)12-15(18)6-9-19(20)17(14)4-3-11-21/h15-20H,1,3-10,12-13H2,2H3/t15-,16+,17?,18+,19+,20-/m1/s1. The minimum atomic E-state index is 0.403. The smallest absolute Gasteiger partial charge is 0.146 e. The summed E-state index contributed by atoms with van der Waals surface area (Å²) in [6, 6.07) is 2.34. The molecule has 0 radical (unpaired) electrons. The van der Waals surface area contributed by atoms with E-state index in [4.69, 9.17) is 14.7 Å². The Hall–Kier alpha value is -0.850. The van der Waals surface area contributed by atoms with Crippen LogP contribution in [0.2, 0.25) is 0 Å². The minimum absolute atomic E-state index is 0.403. The maximum absolute atomic E-state index is 8.96. The summed E-state index contributed by atoms with van der Waals surface area (Å²) in [6.07, 6.45) is 11.0. The van der Waals surface area contributed by atoms with Crippen LogP contribution < -0.4 is 0 Å². The third-order valence-electron chi connectivity index (χ3n) is 6.79. The van der Waals surface area contributed by atoms with Crippen LogP contribution in [0, 0.1) is 40.9 Å². The van der Waals surface area contributed by atoms with E-state index in [0.29, 0.717) is 25.2 Å². The van der Waals surface area contributed by atoms with Gasteiger partial charge < -0.3 is 9.47 Å². The Morgan fingerprint density at radius 1 is 1.13 bits per heavy atom. The van der Waals surface area contributed by atoms with Gasteiger partial charge in [-0.25, -0.2) is 0 Å². The van der Waals surface area contributed by atoms with Crippen molar-refractivity contribution in [2.75, 3.05) is 13.9 Å². The van der Waals surface area contributed by atoms with Crippen molar-refractivity contribution in [1.82, 2.24) is 0 Å². The summed E-state index contributed by atoms with van der Waals surface area (Å²) < 4.78 is 10.9. The summed E-state index contributed by atoms with van der Waals surface area (Å²) in [5.74, 6) is 3.99. The zero-order chi connectivity index (χ0) is 16.2. The summed E-state index contributed by atoms with van der Waals surface area (Å²) >= 11 is 0. The number of hydrogen-bond acceptors (Lipinski definition) is 3. The first kappa shape index (κ1) is 17.0. The molecule has 0 bridgehead atoms. The monoisotopic (exact) mass is 317 g/mol. The van der Waals surface area contributed by atoms with E-state index in [-0.39, 0.29) is 0 Å². The van der Waals surface area contributed by atoms with Gasteiger partial charge in [-0.2, -0.15) is 5.26 Å². The third kappa shape index (κ3) is 3.64. The molecular formula is C20H31NO2. The van der Waals surface area contributed by atoms with Crippen LogP contribution in [0.25, 0.3) is 0 Å². The largest absolute Gasteiger partial charge is 0.359 e. The number of nitrogens with zero attached hydrogens (tertiary/aromatic N) is 1. The second-order valence-electron chi connectivity index (χ2n) is 7.84. The molecule has 3 aliphatic carbocycles. The van der Waals surface area contributed by atoms with Gasteiger partial charge in [0.15, 0.2) is 0 Å². The minimum Gasteiger partial charge on any atom is -0.359 e. The normalized spacial score (nSPS) is 40.1. The van der Waals surface area contributed by atoms with Crippen molar-refractivity contribution in [3.05, 3.63) is 12.2 Å². The lowest BCUT2D eigenvalue weighted by molar-refractivity contribution is -0.109. The highest BCUT2D eigenvalue weighted by molar-refractivity contribution is 5.11. The number of nitriles is 1. The highest BCUT2D eigenvalue weighted by Gasteiger charge is 2.46. The highest BCUT2D eigenvalue weighted by Crippen LogP contribution is 2.55. The molecule has 0 aliphatic heterocycles. The van der Waals surface area contributed by atoms with Crippen molar-refractivity contribution >= 4 is 0 Å². The Morgan fingerprint density at radius 2 is 1.96 bits per heavy atom. The molecule has 1 unspecified atom stereocenters. The summed E-state index contributed by atoms with van der Waals surface area (Å²) in [7, 11) is 1.70. The predicted octanol–water partition coefficient (Wildman–Crippen LogP) is 4.69. The Morgan fingerprint density at radius 3 is 2.74 bits per heavy atom. The summed E-state index contributed by atoms with van der Waals surface area (Å²) in [6.45, 7) is 4.78. The van der Waals surface area contributed by atoms with E-state index in [0.717, 1.165) is 30.1 Å². The number of fused-ring (bicyclic) bond motifs is 3. The third-order valence-corrected chi connectivity index (χ3v) is 6.79. The van der Waals surface area contributed by atoms with E-state index < -0.39 is 0 Å².